The van der Waals surface area contributed by atoms with Crippen molar-refractivity contribution in [2.24, 2.45) is 0 Å². The van der Waals surface area contributed by atoms with Crippen molar-refractivity contribution >= 4 is 23.1 Å². The van der Waals surface area contributed by atoms with Gasteiger partial charge in [-0.3, -0.25) is 0 Å². The summed E-state index contributed by atoms with van der Waals surface area (Å²) in [7, 11) is 0. The minimum atomic E-state index is -0.471. The number of carbonyl (C=O) groups is 1. The summed E-state index contributed by atoms with van der Waals surface area (Å²) in [6.45, 7) is 6.86. The third kappa shape index (κ3) is 9.49. The second-order valence-electron chi connectivity index (χ2n) is 7.64. The molecule has 2 rings (SSSR count). The van der Waals surface area contributed by atoms with Crippen LogP contribution in [-0.4, -0.2) is 12.6 Å². The maximum Gasteiger partial charge on any atom is 0.431 e. The van der Waals surface area contributed by atoms with Crippen molar-refractivity contribution in [2.75, 3.05) is 6.54 Å². The zero-order chi connectivity index (χ0) is 21.4. The van der Waals surface area contributed by atoms with E-state index in [0.717, 1.165) is 24.0 Å². The van der Waals surface area contributed by atoms with Crippen LogP contribution < -0.4 is 10.8 Å². The van der Waals surface area contributed by atoms with Crippen molar-refractivity contribution in [3.05, 3.63) is 53.9 Å². The van der Waals surface area contributed by atoms with Gasteiger partial charge in [-0.15, -0.1) is 11.3 Å². The van der Waals surface area contributed by atoms with Crippen LogP contribution in [0.1, 0.15) is 76.7 Å². The van der Waals surface area contributed by atoms with Gasteiger partial charge in [0.2, 0.25) is 0 Å². The van der Waals surface area contributed by atoms with E-state index in [0.29, 0.717) is 12.2 Å². The Bertz CT molecular complexity index is 743. The van der Waals surface area contributed by atoms with Crippen LogP contribution in [0.3, 0.4) is 0 Å². The van der Waals surface area contributed by atoms with Gasteiger partial charge in [0.15, 0.2) is 0 Å². The molecule has 164 valence electrons. The highest BCUT2D eigenvalue weighted by Gasteiger charge is 2.06. The summed E-state index contributed by atoms with van der Waals surface area (Å²) in [5.74, 6) is 0. The van der Waals surface area contributed by atoms with Gasteiger partial charge in [0.05, 0.1) is 5.70 Å². The van der Waals surface area contributed by atoms with Crippen LogP contribution in [-0.2, 0) is 4.84 Å². The molecule has 0 aliphatic rings. The number of nitrogens with one attached hydrogen (secondary N) is 2. The molecule has 30 heavy (non-hydrogen) atoms. The molecule has 0 fully saturated rings. The van der Waals surface area contributed by atoms with E-state index >= 15 is 0 Å². The standard InChI is InChI=1S/C25H36N2O2S/c1-3-4-5-6-7-8-9-10-11-12-18-26-25(28)29-27-21(2)22-15-13-16-23(20-22)24-17-14-19-30-24/h13-17,19-20,27H,2-12,18H2,1H3,(H,26,28). The molecule has 0 bridgehead atoms. The number of thiophene rings is 1. The third-order valence-corrected chi connectivity index (χ3v) is 6.00. The maximum absolute atomic E-state index is 11.9. The number of hydrogen-bond acceptors (Lipinski definition) is 4. The first kappa shape index (κ1) is 24.0. The first-order chi connectivity index (χ1) is 14.7. The molecule has 4 nitrogen and oxygen atoms in total. The number of benzene rings is 1. The van der Waals surface area contributed by atoms with E-state index in [-0.39, 0.29) is 0 Å². The lowest BCUT2D eigenvalue weighted by Crippen LogP contribution is -2.30. The van der Waals surface area contributed by atoms with Crippen LogP contribution in [0.2, 0.25) is 0 Å². The van der Waals surface area contributed by atoms with Gasteiger partial charge in [0.1, 0.15) is 0 Å². The SMILES string of the molecule is C=C(NOC(=O)NCCCCCCCCCCCC)c1cccc(-c2cccs2)c1. The van der Waals surface area contributed by atoms with Gasteiger partial charge in [-0.1, -0.05) is 95.6 Å². The van der Waals surface area contributed by atoms with Crippen LogP contribution in [0.15, 0.2) is 48.4 Å². The molecule has 1 aromatic carbocycles. The molecule has 0 unspecified atom stereocenters. The van der Waals surface area contributed by atoms with Crippen LogP contribution in [0, 0.1) is 0 Å². The van der Waals surface area contributed by atoms with Gasteiger partial charge in [-0.2, -0.15) is 0 Å². The average Bonchev–Trinajstić information content (AvgIpc) is 3.31. The topological polar surface area (TPSA) is 50.4 Å². The fourth-order valence-corrected chi connectivity index (χ4v) is 4.03. The van der Waals surface area contributed by atoms with E-state index in [1.807, 2.05) is 24.3 Å². The van der Waals surface area contributed by atoms with Crippen LogP contribution in [0.5, 0.6) is 0 Å². The quantitative estimate of drug-likeness (QED) is 0.227. The van der Waals surface area contributed by atoms with Crippen molar-refractivity contribution < 1.29 is 9.63 Å². The second kappa shape index (κ2) is 14.7. The van der Waals surface area contributed by atoms with Gasteiger partial charge in [0, 0.05) is 17.0 Å². The third-order valence-electron chi connectivity index (χ3n) is 5.08. The van der Waals surface area contributed by atoms with E-state index in [2.05, 4.69) is 41.8 Å². The summed E-state index contributed by atoms with van der Waals surface area (Å²) in [6, 6.07) is 12.1. The maximum atomic E-state index is 11.9. The summed E-state index contributed by atoms with van der Waals surface area (Å²) >= 11 is 1.69. The Hall–Kier alpha value is -2.27. The van der Waals surface area contributed by atoms with E-state index in [4.69, 9.17) is 4.84 Å². The Morgan fingerprint density at radius 2 is 1.67 bits per heavy atom. The second-order valence-corrected chi connectivity index (χ2v) is 8.58. The molecule has 1 amide bonds. The van der Waals surface area contributed by atoms with Crippen molar-refractivity contribution in [1.29, 1.82) is 0 Å². The molecule has 0 atom stereocenters. The molecule has 0 spiro atoms. The van der Waals surface area contributed by atoms with Gasteiger partial charge in [-0.25, -0.2) is 10.3 Å². The predicted octanol–water partition coefficient (Wildman–Crippen LogP) is 7.54. The highest BCUT2D eigenvalue weighted by Crippen LogP contribution is 2.26. The van der Waals surface area contributed by atoms with E-state index in [1.165, 1.54) is 56.2 Å². The lowest BCUT2D eigenvalue weighted by molar-refractivity contribution is 0.116. The highest BCUT2D eigenvalue weighted by atomic mass is 32.1. The lowest BCUT2D eigenvalue weighted by atomic mass is 10.1. The highest BCUT2D eigenvalue weighted by molar-refractivity contribution is 7.13. The zero-order valence-corrected chi connectivity index (χ0v) is 19.1. The number of hydrogen-bond donors (Lipinski definition) is 2. The monoisotopic (exact) mass is 428 g/mol. The normalized spacial score (nSPS) is 10.6. The molecular formula is C25H36N2O2S. The molecular weight excluding hydrogens is 392 g/mol. The van der Waals surface area contributed by atoms with Crippen LogP contribution in [0.25, 0.3) is 16.1 Å². The number of hydroxylamine groups is 1. The molecule has 0 saturated carbocycles. The fourth-order valence-electron chi connectivity index (χ4n) is 3.31. The summed E-state index contributed by atoms with van der Waals surface area (Å²) in [5.41, 5.74) is 5.23. The summed E-state index contributed by atoms with van der Waals surface area (Å²) in [5, 5.41) is 4.84. The average molecular weight is 429 g/mol. The Balaban J connectivity index is 1.53. The van der Waals surface area contributed by atoms with Crippen molar-refractivity contribution in [3.8, 4) is 10.4 Å². The number of unbranched alkanes of at least 4 members (excludes halogenated alkanes) is 9. The van der Waals surface area contributed by atoms with Crippen LogP contribution >= 0.6 is 11.3 Å². The van der Waals surface area contributed by atoms with Gasteiger partial charge < -0.3 is 10.2 Å². The molecule has 0 aliphatic heterocycles. The van der Waals surface area contributed by atoms with Gasteiger partial charge >= 0.3 is 6.09 Å². The molecule has 5 heteroatoms. The number of amides is 1. The molecule has 0 saturated heterocycles. The summed E-state index contributed by atoms with van der Waals surface area (Å²) < 4.78 is 0. The molecule has 1 heterocycles. The predicted molar refractivity (Wildman–Crippen MR) is 128 cm³/mol. The smallest absolute Gasteiger partial charge is 0.324 e. The Morgan fingerprint density at radius 3 is 2.33 bits per heavy atom. The van der Waals surface area contributed by atoms with Crippen molar-refractivity contribution in [3.63, 3.8) is 0 Å². The zero-order valence-electron chi connectivity index (χ0n) is 18.3. The van der Waals surface area contributed by atoms with Crippen LogP contribution in [0.4, 0.5) is 4.79 Å². The van der Waals surface area contributed by atoms with E-state index in [9.17, 15) is 4.79 Å². The van der Waals surface area contributed by atoms with E-state index in [1.54, 1.807) is 11.3 Å². The first-order valence-corrected chi connectivity index (χ1v) is 12.1. The van der Waals surface area contributed by atoms with Gasteiger partial charge in [-0.05, 0) is 29.5 Å². The lowest BCUT2D eigenvalue weighted by Gasteiger charge is -2.11. The molecule has 2 N–H and O–H groups in total. The minimum absolute atomic E-state index is 0.471. The van der Waals surface area contributed by atoms with E-state index < -0.39 is 6.09 Å². The molecule has 0 radical (unpaired) electrons. The summed E-state index contributed by atoms with van der Waals surface area (Å²) in [6.07, 6.45) is 12.3. The minimum Gasteiger partial charge on any atom is -0.324 e. The summed E-state index contributed by atoms with van der Waals surface area (Å²) in [4.78, 5) is 18.1. The largest absolute Gasteiger partial charge is 0.431 e. The number of rotatable bonds is 15. The first-order valence-electron chi connectivity index (χ1n) is 11.2. The Labute approximate surface area is 185 Å². The van der Waals surface area contributed by atoms with Crippen molar-refractivity contribution in [2.45, 2.75) is 71.1 Å². The Kier molecular flexibility index (Phi) is 11.7. The molecule has 1 aromatic heterocycles. The molecule has 0 aliphatic carbocycles. The van der Waals surface area contributed by atoms with Gasteiger partial charge in [0.25, 0.3) is 0 Å². The van der Waals surface area contributed by atoms with Crippen molar-refractivity contribution in [1.82, 2.24) is 10.8 Å². The number of carbonyl (C=O) groups excluding carboxylic acids is 1. The fraction of sp³-hybridized carbons (Fsp3) is 0.480. The Morgan fingerprint density at radius 1 is 0.967 bits per heavy atom. The molecule has 2 aromatic rings.